The summed E-state index contributed by atoms with van der Waals surface area (Å²) in [6.07, 6.45) is 1.90. The third-order valence-corrected chi connectivity index (χ3v) is 3.96. The number of carbonyl (C=O) groups is 5. The first-order valence-corrected chi connectivity index (χ1v) is 8.93. The Balaban J connectivity index is 2.93. The van der Waals surface area contributed by atoms with Gasteiger partial charge in [-0.1, -0.05) is 0 Å². The van der Waals surface area contributed by atoms with E-state index in [1.807, 2.05) is 0 Å². The Morgan fingerprint density at radius 1 is 1.07 bits per heavy atom. The lowest BCUT2D eigenvalue weighted by atomic mass is 10.1. The Hall–Kier alpha value is -3.13. The number of carboxylic acids is 2. The van der Waals surface area contributed by atoms with Crippen molar-refractivity contribution in [2.45, 2.75) is 31.0 Å². The Kier molecular flexibility index (Phi) is 9.61. The molecule has 0 aromatic carbocycles. The lowest BCUT2D eigenvalue weighted by molar-refractivity contribution is -0.141. The van der Waals surface area contributed by atoms with Crippen molar-refractivity contribution in [3.63, 3.8) is 0 Å². The third kappa shape index (κ3) is 8.61. The number of aliphatic carboxylic acids is 2. The van der Waals surface area contributed by atoms with Gasteiger partial charge in [0.15, 0.2) is 0 Å². The monoisotopic (exact) mass is 430 g/mol. The van der Waals surface area contributed by atoms with Gasteiger partial charge in [0.2, 0.25) is 17.7 Å². The predicted octanol–water partition coefficient (Wildman–Crippen LogP) is -3.15. The number of nitrogens with two attached hydrogens (primary N) is 1. The molecule has 3 amide bonds. The highest BCUT2D eigenvalue weighted by atomic mass is 32.1. The second kappa shape index (κ2) is 11.7. The van der Waals surface area contributed by atoms with Crippen LogP contribution in [0.5, 0.6) is 0 Å². The highest BCUT2D eigenvalue weighted by molar-refractivity contribution is 7.80. The van der Waals surface area contributed by atoms with Crippen LogP contribution in [0.1, 0.15) is 12.1 Å². The molecule has 0 aliphatic heterocycles. The number of aromatic amines is 1. The molecule has 0 saturated heterocycles. The molecule has 0 saturated carbocycles. The molecule has 160 valence electrons. The van der Waals surface area contributed by atoms with Crippen molar-refractivity contribution in [2.75, 3.05) is 12.3 Å². The van der Waals surface area contributed by atoms with Crippen molar-refractivity contribution in [3.05, 3.63) is 18.2 Å². The maximum absolute atomic E-state index is 12.5. The van der Waals surface area contributed by atoms with E-state index >= 15 is 0 Å². The Morgan fingerprint density at radius 3 is 2.24 bits per heavy atom. The minimum absolute atomic E-state index is 0.0344. The zero-order valence-electron chi connectivity index (χ0n) is 15.1. The van der Waals surface area contributed by atoms with Crippen LogP contribution in [-0.2, 0) is 30.4 Å². The quantitative estimate of drug-likeness (QED) is 0.157. The Labute approximate surface area is 170 Å². The van der Waals surface area contributed by atoms with E-state index in [4.69, 9.17) is 15.9 Å². The summed E-state index contributed by atoms with van der Waals surface area (Å²) in [4.78, 5) is 64.9. The maximum atomic E-state index is 12.5. The molecule has 0 fully saturated rings. The lowest BCUT2D eigenvalue weighted by Crippen LogP contribution is -2.57. The van der Waals surface area contributed by atoms with E-state index < -0.39 is 60.8 Å². The SMILES string of the molecule is NC(CS)C(=O)NC(CC(=O)O)C(=O)NC(Cc1cnc[nH]1)C(=O)NCC(=O)O. The highest BCUT2D eigenvalue weighted by Crippen LogP contribution is 2.02. The number of nitrogens with one attached hydrogen (secondary N) is 4. The van der Waals surface area contributed by atoms with Gasteiger partial charge in [-0.25, -0.2) is 4.98 Å². The molecular weight excluding hydrogens is 408 g/mol. The van der Waals surface area contributed by atoms with Crippen molar-refractivity contribution in [3.8, 4) is 0 Å². The van der Waals surface area contributed by atoms with Crippen LogP contribution in [-0.4, -0.2) is 80.3 Å². The molecule has 3 atom stereocenters. The Bertz CT molecular complexity index is 742. The maximum Gasteiger partial charge on any atom is 0.322 e. The van der Waals surface area contributed by atoms with E-state index in [9.17, 15) is 24.0 Å². The number of thiol groups is 1. The van der Waals surface area contributed by atoms with E-state index in [1.54, 1.807) is 0 Å². The molecule has 0 bridgehead atoms. The van der Waals surface area contributed by atoms with Gasteiger partial charge in [-0.3, -0.25) is 24.0 Å². The largest absolute Gasteiger partial charge is 0.481 e. The summed E-state index contributed by atoms with van der Waals surface area (Å²) in [5.74, 6) is -5.26. The molecule has 29 heavy (non-hydrogen) atoms. The van der Waals surface area contributed by atoms with E-state index in [0.717, 1.165) is 0 Å². The van der Waals surface area contributed by atoms with E-state index in [1.165, 1.54) is 12.5 Å². The molecule has 0 aliphatic carbocycles. The van der Waals surface area contributed by atoms with Gasteiger partial charge in [-0.15, -0.1) is 0 Å². The number of amides is 3. The number of H-pyrrole nitrogens is 1. The number of carboxylic acid groups (broad SMARTS) is 2. The van der Waals surface area contributed by atoms with E-state index in [-0.39, 0.29) is 12.2 Å². The minimum atomic E-state index is -1.51. The van der Waals surface area contributed by atoms with E-state index in [2.05, 4.69) is 38.5 Å². The second-order valence-electron chi connectivity index (χ2n) is 5.90. The number of nitrogens with zero attached hydrogens (tertiary/aromatic N) is 1. The molecule has 0 spiro atoms. The first kappa shape index (κ1) is 23.9. The number of aromatic nitrogens is 2. The fraction of sp³-hybridized carbons (Fsp3) is 0.467. The summed E-state index contributed by atoms with van der Waals surface area (Å²) >= 11 is 3.86. The standard InChI is InChI=1S/C15H22N6O7S/c16-8(5-29)13(26)20-10(2-11(22)23)15(28)21-9(1-7-3-17-6-19-7)14(27)18-4-12(24)25/h3,6,8-10,29H,1-2,4-5,16H2,(H,17,19)(H,18,27)(H,20,26)(H,21,28)(H,22,23)(H,24,25). The smallest absolute Gasteiger partial charge is 0.322 e. The molecule has 1 heterocycles. The van der Waals surface area contributed by atoms with Crippen LogP contribution in [0.4, 0.5) is 0 Å². The summed E-state index contributed by atoms with van der Waals surface area (Å²) < 4.78 is 0. The number of carbonyl (C=O) groups excluding carboxylic acids is 3. The predicted molar refractivity (Wildman–Crippen MR) is 101 cm³/mol. The number of hydrogen-bond donors (Lipinski definition) is 8. The molecule has 1 aromatic rings. The molecule has 0 radical (unpaired) electrons. The van der Waals surface area contributed by atoms with E-state index in [0.29, 0.717) is 5.69 Å². The number of hydrogen-bond acceptors (Lipinski definition) is 8. The first-order valence-electron chi connectivity index (χ1n) is 8.29. The first-order chi connectivity index (χ1) is 13.6. The lowest BCUT2D eigenvalue weighted by Gasteiger charge is -2.22. The zero-order valence-corrected chi connectivity index (χ0v) is 16.0. The van der Waals surface area contributed by atoms with Crippen LogP contribution in [0, 0.1) is 0 Å². The molecule has 8 N–H and O–H groups in total. The highest BCUT2D eigenvalue weighted by Gasteiger charge is 2.30. The molecule has 1 rings (SSSR count). The average molecular weight is 430 g/mol. The number of imidazole rings is 1. The molecule has 1 aromatic heterocycles. The van der Waals surface area contributed by atoms with Crippen molar-refractivity contribution >= 4 is 42.3 Å². The molecule has 3 unspecified atom stereocenters. The van der Waals surface area contributed by atoms with Crippen LogP contribution in [0.3, 0.4) is 0 Å². The van der Waals surface area contributed by atoms with Gasteiger partial charge in [-0.05, 0) is 0 Å². The average Bonchev–Trinajstić information content (AvgIpc) is 3.16. The summed E-state index contributed by atoms with van der Waals surface area (Å²) in [5, 5.41) is 24.3. The van der Waals surface area contributed by atoms with Gasteiger partial charge in [0.25, 0.3) is 0 Å². The third-order valence-electron chi connectivity index (χ3n) is 3.57. The van der Waals surface area contributed by atoms with Gasteiger partial charge in [0.05, 0.1) is 18.8 Å². The van der Waals surface area contributed by atoms with Gasteiger partial charge in [0, 0.05) is 24.1 Å². The molecule has 0 aliphatic rings. The fourth-order valence-electron chi connectivity index (χ4n) is 2.13. The summed E-state index contributed by atoms with van der Waals surface area (Å²) in [5.41, 5.74) is 5.96. The Morgan fingerprint density at radius 2 is 1.72 bits per heavy atom. The summed E-state index contributed by atoms with van der Waals surface area (Å²) in [6.45, 7) is -0.680. The molecular formula is C15H22N6O7S. The van der Waals surface area contributed by atoms with Gasteiger partial charge >= 0.3 is 11.9 Å². The van der Waals surface area contributed by atoms with Gasteiger partial charge < -0.3 is 36.9 Å². The zero-order chi connectivity index (χ0) is 22.0. The van der Waals surface area contributed by atoms with Gasteiger partial charge in [-0.2, -0.15) is 12.6 Å². The topological polar surface area (TPSA) is 217 Å². The molecule has 14 heteroatoms. The molecule has 13 nitrogen and oxygen atoms in total. The van der Waals surface area contributed by atoms with Crippen molar-refractivity contribution in [2.24, 2.45) is 5.73 Å². The van der Waals surface area contributed by atoms with Crippen LogP contribution in [0.25, 0.3) is 0 Å². The van der Waals surface area contributed by atoms with Crippen LogP contribution < -0.4 is 21.7 Å². The van der Waals surface area contributed by atoms with Crippen LogP contribution >= 0.6 is 12.6 Å². The van der Waals surface area contributed by atoms with Crippen LogP contribution in [0.2, 0.25) is 0 Å². The van der Waals surface area contributed by atoms with Crippen LogP contribution in [0.15, 0.2) is 12.5 Å². The second-order valence-corrected chi connectivity index (χ2v) is 6.27. The normalized spacial score (nSPS) is 13.6. The van der Waals surface area contributed by atoms with Crippen molar-refractivity contribution < 1.29 is 34.2 Å². The van der Waals surface area contributed by atoms with Crippen molar-refractivity contribution in [1.29, 1.82) is 0 Å². The summed E-state index contributed by atoms with van der Waals surface area (Å²) in [6, 6.07) is -3.83. The summed E-state index contributed by atoms with van der Waals surface area (Å²) in [7, 11) is 0. The van der Waals surface area contributed by atoms with Gasteiger partial charge in [0.1, 0.15) is 18.6 Å². The minimum Gasteiger partial charge on any atom is -0.481 e. The number of rotatable bonds is 12. The fourth-order valence-corrected chi connectivity index (χ4v) is 2.30. The van der Waals surface area contributed by atoms with Crippen molar-refractivity contribution in [1.82, 2.24) is 25.9 Å².